The molecule has 10 aromatic rings. The van der Waals surface area contributed by atoms with Crippen molar-refractivity contribution in [3.63, 3.8) is 0 Å². The van der Waals surface area contributed by atoms with Crippen LogP contribution in [0.4, 0.5) is 17.1 Å². The summed E-state index contributed by atoms with van der Waals surface area (Å²) in [5, 5.41) is 5.13. The van der Waals surface area contributed by atoms with E-state index in [9.17, 15) is 0 Å². The number of benzene rings is 9. The van der Waals surface area contributed by atoms with Crippen molar-refractivity contribution < 1.29 is 0 Å². The molecule has 0 fully saturated rings. The second-order valence-electron chi connectivity index (χ2n) is 13.7. The van der Waals surface area contributed by atoms with Crippen molar-refractivity contribution in [1.29, 1.82) is 0 Å². The first-order valence-electron chi connectivity index (χ1n) is 18.4. The predicted molar refractivity (Wildman–Crippen MR) is 233 cm³/mol. The summed E-state index contributed by atoms with van der Waals surface area (Å²) in [4.78, 5) is 2.40. The molecule has 9 aromatic carbocycles. The topological polar surface area (TPSA) is 3.24 Å². The van der Waals surface area contributed by atoms with Gasteiger partial charge in [-0.25, -0.2) is 0 Å². The standard InChI is InChI=1S/C52H35NS/c1-2-12-36(13-3-1)40-16-10-17-41(34-40)37-24-29-43(30-25-37)53(50-22-8-6-19-47(50)46-21-11-15-39-14-4-5-18-45(39)46)44-31-26-38(27-32-44)42-28-33-49-48-20-7-9-23-51(48)54-52(49)35-42/h1-35H. The lowest BCUT2D eigenvalue weighted by Gasteiger charge is -2.28. The van der Waals surface area contributed by atoms with Crippen molar-refractivity contribution in [3.8, 4) is 44.5 Å². The molecular weight excluding hydrogens is 671 g/mol. The Morgan fingerprint density at radius 3 is 1.56 bits per heavy atom. The van der Waals surface area contributed by atoms with Crippen LogP contribution in [0.25, 0.3) is 75.5 Å². The molecule has 54 heavy (non-hydrogen) atoms. The SMILES string of the molecule is c1ccc(-c2cccc(-c3ccc(N(c4ccc(-c5ccc6c(c5)sc5ccccc56)cc4)c4ccccc4-c4cccc5ccccc45)cc3)c2)cc1. The second-order valence-corrected chi connectivity index (χ2v) is 14.8. The minimum Gasteiger partial charge on any atom is -0.310 e. The monoisotopic (exact) mass is 705 g/mol. The van der Waals surface area contributed by atoms with Crippen molar-refractivity contribution >= 4 is 59.3 Å². The summed E-state index contributed by atoms with van der Waals surface area (Å²) < 4.78 is 2.65. The number of hydrogen-bond acceptors (Lipinski definition) is 2. The van der Waals surface area contributed by atoms with E-state index in [4.69, 9.17) is 0 Å². The highest BCUT2D eigenvalue weighted by Gasteiger charge is 2.19. The first-order chi connectivity index (χ1) is 26.8. The van der Waals surface area contributed by atoms with E-state index < -0.39 is 0 Å². The van der Waals surface area contributed by atoms with Gasteiger partial charge in [-0.1, -0.05) is 164 Å². The Bertz CT molecular complexity index is 2920. The number of fused-ring (bicyclic) bond motifs is 4. The van der Waals surface area contributed by atoms with E-state index in [1.807, 2.05) is 11.3 Å². The predicted octanol–water partition coefficient (Wildman–Crippen LogP) is 15.3. The molecule has 1 heterocycles. The lowest BCUT2D eigenvalue weighted by Crippen LogP contribution is -2.11. The van der Waals surface area contributed by atoms with Crippen LogP contribution < -0.4 is 4.90 Å². The molecule has 0 bridgehead atoms. The van der Waals surface area contributed by atoms with Gasteiger partial charge in [0.15, 0.2) is 0 Å². The molecule has 0 amide bonds. The Kier molecular flexibility index (Phi) is 8.09. The fourth-order valence-corrected chi connectivity index (χ4v) is 8.95. The van der Waals surface area contributed by atoms with Crippen LogP contribution >= 0.6 is 11.3 Å². The van der Waals surface area contributed by atoms with E-state index in [0.29, 0.717) is 0 Å². The van der Waals surface area contributed by atoms with E-state index in [1.54, 1.807) is 0 Å². The van der Waals surface area contributed by atoms with Crippen LogP contribution in [0.15, 0.2) is 212 Å². The Hall–Kier alpha value is -6.74. The van der Waals surface area contributed by atoms with Crippen molar-refractivity contribution in [2.45, 2.75) is 0 Å². The molecule has 1 nitrogen and oxygen atoms in total. The van der Waals surface area contributed by atoms with E-state index in [-0.39, 0.29) is 0 Å². The second kappa shape index (κ2) is 13.7. The number of nitrogens with zero attached hydrogens (tertiary/aromatic N) is 1. The van der Waals surface area contributed by atoms with Crippen LogP contribution in [-0.4, -0.2) is 0 Å². The van der Waals surface area contributed by atoms with Crippen LogP contribution in [0.1, 0.15) is 0 Å². The molecule has 10 rings (SSSR count). The summed E-state index contributed by atoms with van der Waals surface area (Å²) >= 11 is 1.86. The molecule has 0 saturated heterocycles. The first kappa shape index (κ1) is 32.0. The molecule has 0 saturated carbocycles. The Morgan fingerprint density at radius 2 is 0.796 bits per heavy atom. The number of anilines is 3. The van der Waals surface area contributed by atoms with Gasteiger partial charge in [0.05, 0.1) is 5.69 Å². The van der Waals surface area contributed by atoms with Gasteiger partial charge < -0.3 is 4.90 Å². The first-order valence-corrected chi connectivity index (χ1v) is 19.2. The minimum absolute atomic E-state index is 1.10. The van der Waals surface area contributed by atoms with Gasteiger partial charge in [0.2, 0.25) is 0 Å². The van der Waals surface area contributed by atoms with Crippen molar-refractivity contribution in [1.82, 2.24) is 0 Å². The molecule has 0 aliphatic heterocycles. The van der Waals surface area contributed by atoms with Gasteiger partial charge in [-0.15, -0.1) is 11.3 Å². The summed E-state index contributed by atoms with van der Waals surface area (Å²) in [5.41, 5.74) is 13.0. The molecule has 0 radical (unpaired) electrons. The smallest absolute Gasteiger partial charge is 0.0540 e. The summed E-state index contributed by atoms with van der Waals surface area (Å²) in [6.07, 6.45) is 0. The van der Waals surface area contributed by atoms with E-state index in [1.165, 1.54) is 75.5 Å². The van der Waals surface area contributed by atoms with Crippen LogP contribution in [-0.2, 0) is 0 Å². The zero-order chi connectivity index (χ0) is 35.8. The molecule has 254 valence electrons. The summed E-state index contributed by atoms with van der Waals surface area (Å²) in [6, 6.07) is 77.1. The number of rotatable bonds is 7. The summed E-state index contributed by atoms with van der Waals surface area (Å²) in [6.45, 7) is 0. The van der Waals surface area contributed by atoms with Gasteiger partial charge in [-0.2, -0.15) is 0 Å². The maximum Gasteiger partial charge on any atom is 0.0540 e. The van der Waals surface area contributed by atoms with Gasteiger partial charge in [0, 0.05) is 37.1 Å². The minimum atomic E-state index is 1.10. The maximum absolute atomic E-state index is 2.40. The zero-order valence-corrected chi connectivity index (χ0v) is 30.4. The van der Waals surface area contributed by atoms with Crippen LogP contribution in [0, 0.1) is 0 Å². The fraction of sp³-hybridized carbons (Fsp3) is 0. The Balaban J connectivity index is 1.07. The van der Waals surface area contributed by atoms with Crippen LogP contribution in [0.3, 0.4) is 0 Å². The van der Waals surface area contributed by atoms with Crippen LogP contribution in [0.2, 0.25) is 0 Å². The quantitative estimate of drug-likeness (QED) is 0.160. The lowest BCUT2D eigenvalue weighted by atomic mass is 9.95. The average molecular weight is 706 g/mol. The maximum atomic E-state index is 2.40. The largest absolute Gasteiger partial charge is 0.310 e. The van der Waals surface area contributed by atoms with Crippen molar-refractivity contribution in [2.24, 2.45) is 0 Å². The highest BCUT2D eigenvalue weighted by molar-refractivity contribution is 7.25. The Labute approximate surface area is 319 Å². The lowest BCUT2D eigenvalue weighted by molar-refractivity contribution is 1.28. The van der Waals surface area contributed by atoms with Gasteiger partial charge in [0.25, 0.3) is 0 Å². The van der Waals surface area contributed by atoms with Crippen molar-refractivity contribution in [2.75, 3.05) is 4.90 Å². The number of thiophene rings is 1. The molecule has 0 atom stereocenters. The highest BCUT2D eigenvalue weighted by Crippen LogP contribution is 2.44. The third kappa shape index (κ3) is 5.84. The average Bonchev–Trinajstić information content (AvgIpc) is 3.63. The molecule has 1 aromatic heterocycles. The normalized spacial score (nSPS) is 11.3. The molecule has 0 aliphatic carbocycles. The van der Waals surface area contributed by atoms with Gasteiger partial charge in [-0.3, -0.25) is 0 Å². The van der Waals surface area contributed by atoms with Crippen LogP contribution in [0.5, 0.6) is 0 Å². The summed E-state index contributed by atoms with van der Waals surface area (Å²) in [5.74, 6) is 0. The molecule has 0 aliphatic rings. The van der Waals surface area contributed by atoms with E-state index >= 15 is 0 Å². The van der Waals surface area contributed by atoms with Gasteiger partial charge >= 0.3 is 0 Å². The molecule has 2 heteroatoms. The fourth-order valence-electron chi connectivity index (χ4n) is 7.80. The van der Waals surface area contributed by atoms with Crippen molar-refractivity contribution in [3.05, 3.63) is 212 Å². The highest BCUT2D eigenvalue weighted by atomic mass is 32.1. The third-order valence-corrected chi connectivity index (χ3v) is 11.6. The molecule has 0 N–H and O–H groups in total. The molecule has 0 unspecified atom stereocenters. The Morgan fingerprint density at radius 1 is 0.296 bits per heavy atom. The van der Waals surface area contributed by atoms with Gasteiger partial charge in [0.1, 0.15) is 0 Å². The third-order valence-electron chi connectivity index (χ3n) is 10.5. The van der Waals surface area contributed by atoms with E-state index in [0.717, 1.165) is 17.1 Å². The molecule has 0 spiro atoms. The number of hydrogen-bond donors (Lipinski definition) is 0. The zero-order valence-electron chi connectivity index (χ0n) is 29.6. The summed E-state index contributed by atoms with van der Waals surface area (Å²) in [7, 11) is 0. The number of para-hydroxylation sites is 1. The van der Waals surface area contributed by atoms with E-state index in [2.05, 4.69) is 217 Å². The van der Waals surface area contributed by atoms with Gasteiger partial charge in [-0.05, 0) is 98.2 Å². The molecular formula is C52H35NS.